The molecular weight excluding hydrogens is 318 g/mol. The van der Waals surface area contributed by atoms with Crippen LogP contribution in [0.4, 0.5) is 11.4 Å². The highest BCUT2D eigenvalue weighted by molar-refractivity contribution is 5.92. The van der Waals surface area contributed by atoms with Crippen LogP contribution in [0, 0.1) is 10.1 Å². The van der Waals surface area contributed by atoms with Crippen LogP contribution in [0.5, 0.6) is 5.75 Å². The third-order valence-corrected chi connectivity index (χ3v) is 3.73. The van der Waals surface area contributed by atoms with Crippen LogP contribution in [-0.2, 0) is 9.59 Å². The van der Waals surface area contributed by atoms with Crippen molar-refractivity contribution in [1.82, 2.24) is 5.32 Å². The molecular formula is C15H19N3O6. The Bertz CT molecular complexity index is 715. The van der Waals surface area contributed by atoms with Gasteiger partial charge in [0.15, 0.2) is 0 Å². The standard InChI is InChI=1S/C15H19N3O6/c1-7(19)16-10-5-9-12(6-11(10)18(22)23)24-15(3,4)14(21)13(9)17-8(2)20/h5-6,13-14,21H,1-4H3,(H,16,19)(H,17,20)/t13?,14-/m0/s1. The minimum Gasteiger partial charge on any atom is -0.484 e. The SMILES string of the molecule is CC(=O)Nc1cc2c(cc1[N+](=O)[O-])OC(C)(C)[C@@H](O)C2NC(C)=O. The van der Waals surface area contributed by atoms with Gasteiger partial charge in [-0.25, -0.2) is 0 Å². The maximum atomic E-state index is 11.5. The lowest BCUT2D eigenvalue weighted by molar-refractivity contribution is -0.384. The van der Waals surface area contributed by atoms with Crippen molar-refractivity contribution in [2.24, 2.45) is 0 Å². The Morgan fingerprint density at radius 1 is 1.29 bits per heavy atom. The molecule has 0 spiro atoms. The van der Waals surface area contributed by atoms with Gasteiger partial charge in [0.1, 0.15) is 23.1 Å². The maximum absolute atomic E-state index is 11.5. The first-order valence-corrected chi connectivity index (χ1v) is 7.27. The highest BCUT2D eigenvalue weighted by Crippen LogP contribution is 2.44. The van der Waals surface area contributed by atoms with E-state index in [1.807, 2.05) is 0 Å². The Labute approximate surface area is 138 Å². The number of aliphatic hydroxyl groups excluding tert-OH is 1. The van der Waals surface area contributed by atoms with Crippen molar-refractivity contribution in [3.8, 4) is 5.75 Å². The third-order valence-electron chi connectivity index (χ3n) is 3.73. The Kier molecular flexibility index (Phi) is 4.48. The molecule has 2 rings (SSSR count). The zero-order chi connectivity index (χ0) is 18.2. The summed E-state index contributed by atoms with van der Waals surface area (Å²) >= 11 is 0. The molecule has 0 aliphatic carbocycles. The van der Waals surface area contributed by atoms with Crippen LogP contribution in [0.2, 0.25) is 0 Å². The van der Waals surface area contributed by atoms with Crippen molar-refractivity contribution in [3.63, 3.8) is 0 Å². The number of nitrogens with zero attached hydrogens (tertiary/aromatic N) is 1. The van der Waals surface area contributed by atoms with Gasteiger partial charge in [0.2, 0.25) is 11.8 Å². The molecule has 0 radical (unpaired) electrons. The molecule has 2 amide bonds. The number of amides is 2. The van der Waals surface area contributed by atoms with Crippen molar-refractivity contribution < 1.29 is 24.4 Å². The minimum atomic E-state index is -1.08. The van der Waals surface area contributed by atoms with E-state index in [2.05, 4.69) is 10.6 Å². The number of hydrogen-bond donors (Lipinski definition) is 3. The normalized spacial score (nSPS) is 21.2. The molecule has 0 bridgehead atoms. The quantitative estimate of drug-likeness (QED) is 0.562. The number of nitro groups is 1. The van der Waals surface area contributed by atoms with Gasteiger partial charge in [-0.2, -0.15) is 0 Å². The second-order valence-corrected chi connectivity index (χ2v) is 6.17. The molecule has 130 valence electrons. The fourth-order valence-electron chi connectivity index (χ4n) is 2.65. The number of carbonyl (C=O) groups is 2. The molecule has 3 N–H and O–H groups in total. The predicted molar refractivity (Wildman–Crippen MR) is 84.7 cm³/mol. The van der Waals surface area contributed by atoms with Crippen LogP contribution in [-0.4, -0.2) is 33.5 Å². The zero-order valence-electron chi connectivity index (χ0n) is 13.7. The van der Waals surface area contributed by atoms with Gasteiger partial charge in [0, 0.05) is 19.4 Å². The summed E-state index contributed by atoms with van der Waals surface area (Å²) in [4.78, 5) is 33.4. The first kappa shape index (κ1) is 17.7. The summed E-state index contributed by atoms with van der Waals surface area (Å²) in [6, 6.07) is 1.70. The second-order valence-electron chi connectivity index (χ2n) is 6.17. The first-order valence-electron chi connectivity index (χ1n) is 7.27. The number of rotatable bonds is 3. The molecule has 9 nitrogen and oxygen atoms in total. The average molecular weight is 337 g/mol. The van der Waals surface area contributed by atoms with E-state index in [4.69, 9.17) is 4.74 Å². The smallest absolute Gasteiger partial charge is 0.296 e. The van der Waals surface area contributed by atoms with Crippen LogP contribution in [0.3, 0.4) is 0 Å². The summed E-state index contributed by atoms with van der Waals surface area (Å²) in [7, 11) is 0. The highest BCUT2D eigenvalue weighted by Gasteiger charge is 2.44. The van der Waals surface area contributed by atoms with E-state index in [1.54, 1.807) is 13.8 Å². The van der Waals surface area contributed by atoms with E-state index in [0.29, 0.717) is 5.56 Å². The summed E-state index contributed by atoms with van der Waals surface area (Å²) in [5.74, 6) is -0.682. The van der Waals surface area contributed by atoms with Gasteiger partial charge >= 0.3 is 0 Å². The van der Waals surface area contributed by atoms with Crippen molar-refractivity contribution in [2.75, 3.05) is 5.32 Å². The molecule has 1 aromatic carbocycles. The van der Waals surface area contributed by atoms with Gasteiger partial charge in [0.05, 0.1) is 17.0 Å². The van der Waals surface area contributed by atoms with Crippen LogP contribution in [0.25, 0.3) is 0 Å². The van der Waals surface area contributed by atoms with E-state index in [1.165, 1.54) is 26.0 Å². The number of nitro benzene ring substituents is 1. The number of fused-ring (bicyclic) bond motifs is 1. The van der Waals surface area contributed by atoms with Gasteiger partial charge in [-0.1, -0.05) is 0 Å². The number of ether oxygens (including phenoxy) is 1. The number of carbonyl (C=O) groups excluding carboxylic acids is 2. The summed E-state index contributed by atoms with van der Waals surface area (Å²) in [6.07, 6.45) is -1.08. The summed E-state index contributed by atoms with van der Waals surface area (Å²) < 4.78 is 5.68. The van der Waals surface area contributed by atoms with E-state index >= 15 is 0 Å². The number of aliphatic hydroxyl groups is 1. The average Bonchev–Trinajstić information content (AvgIpc) is 2.42. The fourth-order valence-corrected chi connectivity index (χ4v) is 2.65. The summed E-state index contributed by atoms with van der Waals surface area (Å²) in [5, 5.41) is 26.7. The Morgan fingerprint density at radius 3 is 2.42 bits per heavy atom. The van der Waals surface area contributed by atoms with Crippen molar-refractivity contribution >= 4 is 23.2 Å². The molecule has 1 unspecified atom stereocenters. The highest BCUT2D eigenvalue weighted by atomic mass is 16.6. The van der Waals surface area contributed by atoms with E-state index in [9.17, 15) is 24.8 Å². The third kappa shape index (κ3) is 3.30. The van der Waals surface area contributed by atoms with Gasteiger partial charge in [-0.15, -0.1) is 0 Å². The Morgan fingerprint density at radius 2 is 1.92 bits per heavy atom. The van der Waals surface area contributed by atoms with E-state index < -0.39 is 28.6 Å². The van der Waals surface area contributed by atoms with Crippen LogP contribution in [0.15, 0.2) is 12.1 Å². The molecule has 0 saturated heterocycles. The van der Waals surface area contributed by atoms with Gasteiger partial charge in [0.25, 0.3) is 5.69 Å². The lowest BCUT2D eigenvalue weighted by Gasteiger charge is -2.42. The first-order chi connectivity index (χ1) is 11.0. The predicted octanol–water partition coefficient (Wildman–Crippen LogP) is 1.26. The molecule has 0 fully saturated rings. The molecule has 0 aromatic heterocycles. The number of benzene rings is 1. The van der Waals surface area contributed by atoms with Crippen LogP contribution >= 0.6 is 0 Å². The summed E-state index contributed by atoms with van der Waals surface area (Å²) in [6.45, 7) is 5.75. The van der Waals surface area contributed by atoms with Crippen molar-refractivity contribution in [1.29, 1.82) is 0 Å². The molecule has 2 atom stereocenters. The second kappa shape index (κ2) is 6.08. The van der Waals surface area contributed by atoms with Gasteiger partial charge in [-0.3, -0.25) is 19.7 Å². The molecule has 1 heterocycles. The van der Waals surface area contributed by atoms with Gasteiger partial charge in [-0.05, 0) is 19.9 Å². The topological polar surface area (TPSA) is 131 Å². The minimum absolute atomic E-state index is 0.0305. The number of hydrogen-bond acceptors (Lipinski definition) is 6. The van der Waals surface area contributed by atoms with Crippen LogP contribution in [0.1, 0.15) is 39.3 Å². The maximum Gasteiger partial charge on any atom is 0.296 e. The van der Waals surface area contributed by atoms with Crippen molar-refractivity contribution in [2.45, 2.75) is 45.4 Å². The number of nitrogens with one attached hydrogen (secondary N) is 2. The lowest BCUT2D eigenvalue weighted by Crippen LogP contribution is -2.53. The molecule has 0 saturated carbocycles. The fraction of sp³-hybridized carbons (Fsp3) is 0.467. The summed E-state index contributed by atoms with van der Waals surface area (Å²) in [5.41, 5.74) is -1.08. The number of anilines is 1. The van der Waals surface area contributed by atoms with Gasteiger partial charge < -0.3 is 20.5 Å². The van der Waals surface area contributed by atoms with Crippen LogP contribution < -0.4 is 15.4 Å². The molecule has 9 heteroatoms. The van der Waals surface area contributed by atoms with E-state index in [0.717, 1.165) is 0 Å². The monoisotopic (exact) mass is 337 g/mol. The van der Waals surface area contributed by atoms with E-state index in [-0.39, 0.29) is 23.0 Å². The molecule has 1 aliphatic rings. The Hall–Kier alpha value is -2.68. The zero-order valence-corrected chi connectivity index (χ0v) is 13.7. The molecule has 1 aromatic rings. The Balaban J connectivity index is 2.64. The molecule has 1 aliphatic heterocycles. The van der Waals surface area contributed by atoms with Crippen molar-refractivity contribution in [3.05, 3.63) is 27.8 Å². The lowest BCUT2D eigenvalue weighted by atomic mass is 9.86. The molecule has 24 heavy (non-hydrogen) atoms. The largest absolute Gasteiger partial charge is 0.484 e.